The van der Waals surface area contributed by atoms with Crippen molar-refractivity contribution in [1.82, 2.24) is 0 Å². The first-order valence-electron chi connectivity index (χ1n) is 6.78. The highest BCUT2D eigenvalue weighted by molar-refractivity contribution is 5.81. The van der Waals surface area contributed by atoms with Gasteiger partial charge in [0.1, 0.15) is 12.2 Å². The molecule has 4 rings (SSSR count). The van der Waals surface area contributed by atoms with E-state index < -0.39 is 11.5 Å². The fourth-order valence-electron chi connectivity index (χ4n) is 4.99. The number of aliphatic hydroxyl groups excluding tert-OH is 1. The van der Waals surface area contributed by atoms with E-state index in [0.29, 0.717) is 5.92 Å². The van der Waals surface area contributed by atoms with Crippen LogP contribution in [0.3, 0.4) is 0 Å². The van der Waals surface area contributed by atoms with Crippen LogP contribution in [0, 0.1) is 22.7 Å². The van der Waals surface area contributed by atoms with Crippen molar-refractivity contribution in [3.05, 3.63) is 24.3 Å². The highest BCUT2D eigenvalue weighted by Crippen LogP contribution is 2.76. The molecule has 1 heterocycles. The van der Waals surface area contributed by atoms with Gasteiger partial charge in [0.25, 0.3) is 0 Å². The van der Waals surface area contributed by atoms with Crippen LogP contribution in [0.4, 0.5) is 0 Å². The van der Waals surface area contributed by atoms with Gasteiger partial charge in [-0.25, -0.2) is 0 Å². The molecular formula is C15H18O3. The molecule has 18 heavy (non-hydrogen) atoms. The van der Waals surface area contributed by atoms with E-state index in [1.807, 2.05) is 19.1 Å². The molecule has 3 fully saturated rings. The molecule has 3 heteroatoms. The maximum Gasteiger partial charge on any atom is 0.312 e. The minimum atomic E-state index is -0.668. The first kappa shape index (κ1) is 10.8. The molecule has 3 nitrogen and oxygen atoms in total. The van der Waals surface area contributed by atoms with E-state index in [1.165, 1.54) is 0 Å². The van der Waals surface area contributed by atoms with Gasteiger partial charge in [-0.3, -0.25) is 4.79 Å². The Bertz CT molecular complexity index is 494. The highest BCUT2D eigenvalue weighted by Gasteiger charge is 2.75. The lowest BCUT2D eigenvalue weighted by Gasteiger charge is -2.44. The minimum absolute atomic E-state index is 0.0742. The van der Waals surface area contributed by atoms with Crippen LogP contribution in [-0.4, -0.2) is 23.3 Å². The SMILES string of the molecule is C=CC1=C[C@H](O)[C@H]2OC(=O)[C@@]3(C)CC[C@H]4C[C@]14[C@@H]23. The van der Waals surface area contributed by atoms with Gasteiger partial charge in [0, 0.05) is 11.3 Å². The molecule has 3 aliphatic carbocycles. The van der Waals surface area contributed by atoms with Gasteiger partial charge in [-0.15, -0.1) is 0 Å². The molecule has 0 radical (unpaired) electrons. The van der Waals surface area contributed by atoms with Gasteiger partial charge in [-0.2, -0.15) is 0 Å². The zero-order valence-electron chi connectivity index (χ0n) is 10.6. The fourth-order valence-corrected chi connectivity index (χ4v) is 4.99. The van der Waals surface area contributed by atoms with E-state index in [-0.39, 0.29) is 23.4 Å². The van der Waals surface area contributed by atoms with E-state index in [1.54, 1.807) is 0 Å². The second-order valence-electron chi connectivity index (χ2n) is 6.56. The summed E-state index contributed by atoms with van der Waals surface area (Å²) in [7, 11) is 0. The molecule has 0 aromatic carbocycles. The summed E-state index contributed by atoms with van der Waals surface area (Å²) in [6.07, 6.45) is 5.85. The number of hydrogen-bond donors (Lipinski definition) is 1. The lowest BCUT2D eigenvalue weighted by molar-refractivity contribution is -0.150. The summed E-state index contributed by atoms with van der Waals surface area (Å²) in [5, 5.41) is 10.2. The number of hydrogen-bond acceptors (Lipinski definition) is 3. The predicted molar refractivity (Wildman–Crippen MR) is 65.5 cm³/mol. The number of carbonyl (C=O) groups excluding carboxylic acids is 1. The van der Waals surface area contributed by atoms with Gasteiger partial charge < -0.3 is 9.84 Å². The average Bonchev–Trinajstić information content (AvgIpc) is 3.00. The van der Waals surface area contributed by atoms with E-state index in [0.717, 1.165) is 24.8 Å². The summed E-state index contributed by atoms with van der Waals surface area (Å²) in [6, 6.07) is 0. The van der Waals surface area contributed by atoms with Gasteiger partial charge in [0.2, 0.25) is 0 Å². The number of esters is 1. The number of carbonyl (C=O) groups is 1. The molecule has 1 spiro atoms. The fraction of sp³-hybridized carbons (Fsp3) is 0.667. The van der Waals surface area contributed by atoms with Crippen LogP contribution in [0.2, 0.25) is 0 Å². The molecule has 0 aromatic rings. The molecule has 96 valence electrons. The Morgan fingerprint density at radius 1 is 1.61 bits per heavy atom. The van der Waals surface area contributed by atoms with Crippen LogP contribution >= 0.6 is 0 Å². The first-order valence-corrected chi connectivity index (χ1v) is 6.78. The Labute approximate surface area is 107 Å². The van der Waals surface area contributed by atoms with Crippen molar-refractivity contribution in [2.24, 2.45) is 22.7 Å². The Hall–Kier alpha value is -1.09. The second-order valence-corrected chi connectivity index (χ2v) is 6.56. The van der Waals surface area contributed by atoms with Crippen molar-refractivity contribution in [2.75, 3.05) is 0 Å². The summed E-state index contributed by atoms with van der Waals surface area (Å²) < 4.78 is 5.51. The van der Waals surface area contributed by atoms with Crippen LogP contribution in [0.1, 0.15) is 26.2 Å². The van der Waals surface area contributed by atoms with Crippen molar-refractivity contribution in [2.45, 2.75) is 38.4 Å². The van der Waals surface area contributed by atoms with Crippen LogP contribution in [0.25, 0.3) is 0 Å². The van der Waals surface area contributed by atoms with Crippen molar-refractivity contribution in [3.8, 4) is 0 Å². The van der Waals surface area contributed by atoms with E-state index >= 15 is 0 Å². The molecule has 0 bridgehead atoms. The summed E-state index contributed by atoms with van der Waals surface area (Å²) in [6.45, 7) is 5.91. The lowest BCUT2D eigenvalue weighted by Crippen LogP contribution is -2.48. The summed E-state index contributed by atoms with van der Waals surface area (Å²) in [4.78, 5) is 12.2. The molecule has 2 saturated carbocycles. The van der Waals surface area contributed by atoms with Crippen molar-refractivity contribution in [3.63, 3.8) is 0 Å². The number of ether oxygens (including phenoxy) is 1. The summed E-state index contributed by atoms with van der Waals surface area (Å²) >= 11 is 0. The predicted octanol–water partition coefficient (Wildman–Crippen LogP) is 1.82. The van der Waals surface area contributed by atoms with Gasteiger partial charge >= 0.3 is 5.97 Å². The molecule has 1 saturated heterocycles. The molecule has 4 aliphatic rings. The zero-order valence-corrected chi connectivity index (χ0v) is 10.6. The topological polar surface area (TPSA) is 46.5 Å². The minimum Gasteiger partial charge on any atom is -0.458 e. The Balaban J connectivity index is 1.92. The van der Waals surface area contributed by atoms with Crippen molar-refractivity contribution >= 4 is 5.97 Å². The maximum atomic E-state index is 12.2. The Morgan fingerprint density at radius 2 is 2.39 bits per heavy atom. The summed E-state index contributed by atoms with van der Waals surface area (Å²) in [5.74, 6) is 0.688. The van der Waals surface area contributed by atoms with E-state index in [4.69, 9.17) is 4.74 Å². The quantitative estimate of drug-likeness (QED) is 0.718. The molecular weight excluding hydrogens is 228 g/mol. The monoisotopic (exact) mass is 246 g/mol. The van der Waals surface area contributed by atoms with Gasteiger partial charge in [-0.05, 0) is 43.8 Å². The highest BCUT2D eigenvalue weighted by atomic mass is 16.6. The Kier molecular flexibility index (Phi) is 1.74. The summed E-state index contributed by atoms with van der Waals surface area (Å²) in [5.41, 5.74) is 0.817. The van der Waals surface area contributed by atoms with Gasteiger partial charge in [-0.1, -0.05) is 12.7 Å². The number of aliphatic hydroxyl groups is 1. The molecule has 1 N–H and O–H groups in total. The van der Waals surface area contributed by atoms with Gasteiger partial charge in [0.15, 0.2) is 0 Å². The van der Waals surface area contributed by atoms with Crippen LogP contribution in [0.15, 0.2) is 24.3 Å². The van der Waals surface area contributed by atoms with Gasteiger partial charge in [0.05, 0.1) is 5.41 Å². The smallest absolute Gasteiger partial charge is 0.312 e. The van der Waals surface area contributed by atoms with Crippen LogP contribution < -0.4 is 0 Å². The Morgan fingerprint density at radius 3 is 3.11 bits per heavy atom. The number of rotatable bonds is 1. The normalized spacial score (nSPS) is 56.1. The molecule has 6 atom stereocenters. The van der Waals surface area contributed by atoms with Crippen LogP contribution in [-0.2, 0) is 9.53 Å². The zero-order chi connectivity index (χ0) is 12.7. The first-order chi connectivity index (χ1) is 8.54. The molecule has 0 unspecified atom stereocenters. The third-order valence-corrected chi connectivity index (χ3v) is 5.89. The van der Waals surface area contributed by atoms with Crippen molar-refractivity contribution in [1.29, 1.82) is 0 Å². The third-order valence-electron chi connectivity index (χ3n) is 5.89. The maximum absolute atomic E-state index is 12.2. The van der Waals surface area contributed by atoms with E-state index in [2.05, 4.69) is 6.58 Å². The standard InChI is InChI=1S/C15H18O3/c1-3-8-6-10(16)11-12-14(2,13(17)18-11)5-4-9-7-15(8,9)12/h3,6,9-12,16H,1,4-5,7H2,2H3/t9-,10-,11+,12-,14-,15-/m0/s1. The second kappa shape index (κ2) is 2.90. The molecule has 0 aromatic heterocycles. The largest absolute Gasteiger partial charge is 0.458 e. The average molecular weight is 246 g/mol. The van der Waals surface area contributed by atoms with Crippen LogP contribution in [0.5, 0.6) is 0 Å². The van der Waals surface area contributed by atoms with E-state index in [9.17, 15) is 9.90 Å². The van der Waals surface area contributed by atoms with Crippen molar-refractivity contribution < 1.29 is 14.6 Å². The number of allylic oxidation sites excluding steroid dienone is 2. The third kappa shape index (κ3) is 0.923. The lowest BCUT2D eigenvalue weighted by atomic mass is 9.56. The molecule has 0 amide bonds. The molecule has 1 aliphatic heterocycles.